The molecule has 0 unspecified atom stereocenters. The van der Waals surface area contributed by atoms with Gasteiger partial charge in [-0.15, -0.1) is 0 Å². The second-order valence-electron chi connectivity index (χ2n) is 4.89. The molecule has 3 nitrogen and oxygen atoms in total. The van der Waals surface area contributed by atoms with Crippen molar-refractivity contribution in [2.45, 2.75) is 23.1 Å². The quantitative estimate of drug-likeness (QED) is 0.754. The smallest absolute Gasteiger partial charge is 0.253 e. The first-order valence-corrected chi connectivity index (χ1v) is 8.87. The molecule has 0 fully saturated rings. The van der Waals surface area contributed by atoms with Crippen molar-refractivity contribution in [3.8, 4) is 16.5 Å². The van der Waals surface area contributed by atoms with Gasteiger partial charge < -0.3 is 5.11 Å². The van der Waals surface area contributed by atoms with E-state index in [2.05, 4.69) is 11.9 Å². The number of benzene rings is 2. The molecule has 5 heteroatoms. The molecule has 0 radical (unpaired) electrons. The Morgan fingerprint density at radius 2 is 1.78 bits per heavy atom. The van der Waals surface area contributed by atoms with Crippen LogP contribution in [-0.4, -0.2) is 10.1 Å². The topological polar surface area (TPSA) is 50.2 Å². The lowest BCUT2D eigenvalue weighted by atomic mass is 10.2. The molecular weight excluding hydrogens is 326 g/mol. The first kappa shape index (κ1) is 15.8. The third kappa shape index (κ3) is 3.46. The normalized spacial score (nSPS) is 10.7. The first-order valence-electron chi connectivity index (χ1n) is 7.24. The van der Waals surface area contributed by atoms with E-state index in [1.807, 2.05) is 54.6 Å². The van der Waals surface area contributed by atoms with Crippen LogP contribution in [0.1, 0.15) is 12.5 Å². The molecule has 0 spiro atoms. The molecule has 0 saturated carbocycles. The lowest BCUT2D eigenvalue weighted by Crippen LogP contribution is -2.01. The summed E-state index contributed by atoms with van der Waals surface area (Å²) in [6.45, 7) is 2.07. The largest absolute Gasteiger partial charge is 0.492 e. The average Bonchev–Trinajstić information content (AvgIpc) is 2.59. The van der Waals surface area contributed by atoms with Crippen molar-refractivity contribution in [1.82, 2.24) is 4.98 Å². The molecule has 1 aromatic heterocycles. The predicted octanol–water partition coefficient (Wildman–Crippen LogP) is 4.59. The number of aromatic nitrogens is 1. The average molecular weight is 341 g/mol. The molecule has 0 amide bonds. The van der Waals surface area contributed by atoms with Crippen molar-refractivity contribution in [2.75, 3.05) is 0 Å². The van der Waals surface area contributed by atoms with Crippen LogP contribution in [0.25, 0.3) is 10.6 Å². The van der Waals surface area contributed by atoms with Gasteiger partial charge in [0.2, 0.25) is 5.88 Å². The summed E-state index contributed by atoms with van der Waals surface area (Å²) in [5.41, 5.74) is 1.98. The molecule has 2 aromatic carbocycles. The zero-order valence-corrected chi connectivity index (χ0v) is 14.2. The Kier molecular flexibility index (Phi) is 4.79. The number of aromatic hydroxyl groups is 1. The number of hydrogen-bond acceptors (Lipinski definition) is 5. The van der Waals surface area contributed by atoms with Crippen LogP contribution in [0.4, 0.5) is 0 Å². The molecule has 3 rings (SSSR count). The molecule has 0 saturated heterocycles. The lowest BCUT2D eigenvalue weighted by molar-refractivity contribution is 0.441. The van der Waals surface area contributed by atoms with Crippen LogP contribution >= 0.6 is 23.1 Å². The van der Waals surface area contributed by atoms with Gasteiger partial charge in [-0.05, 0) is 18.1 Å². The Bertz CT molecular complexity index is 876. The molecule has 0 aliphatic carbocycles. The van der Waals surface area contributed by atoms with Gasteiger partial charge in [-0.2, -0.15) is 0 Å². The SMILES string of the molecule is CCc1ccccc1Sc1c(O)nc(-c2ccccc2)sc1=O. The zero-order valence-electron chi connectivity index (χ0n) is 12.5. The Morgan fingerprint density at radius 3 is 2.48 bits per heavy atom. The maximum atomic E-state index is 12.4. The van der Waals surface area contributed by atoms with Crippen LogP contribution in [-0.2, 0) is 6.42 Å². The maximum absolute atomic E-state index is 12.4. The highest BCUT2D eigenvalue weighted by Gasteiger charge is 2.15. The van der Waals surface area contributed by atoms with Crippen molar-refractivity contribution < 1.29 is 5.11 Å². The fraction of sp³-hybridized carbons (Fsp3) is 0.111. The van der Waals surface area contributed by atoms with Crippen LogP contribution in [0.5, 0.6) is 5.88 Å². The molecule has 3 aromatic rings. The van der Waals surface area contributed by atoms with E-state index >= 15 is 0 Å². The minimum Gasteiger partial charge on any atom is -0.492 e. The predicted molar refractivity (Wildman–Crippen MR) is 95.4 cm³/mol. The van der Waals surface area contributed by atoms with Gasteiger partial charge in [0, 0.05) is 10.5 Å². The van der Waals surface area contributed by atoms with Gasteiger partial charge in [0.25, 0.3) is 4.74 Å². The maximum Gasteiger partial charge on any atom is 0.253 e. The Labute approximate surface area is 142 Å². The Balaban J connectivity index is 2.00. The van der Waals surface area contributed by atoms with Crippen molar-refractivity contribution in [2.24, 2.45) is 0 Å². The van der Waals surface area contributed by atoms with E-state index in [0.717, 1.165) is 33.8 Å². The van der Waals surface area contributed by atoms with Gasteiger partial charge >= 0.3 is 0 Å². The van der Waals surface area contributed by atoms with E-state index in [-0.39, 0.29) is 15.5 Å². The van der Waals surface area contributed by atoms with Gasteiger partial charge in [0.05, 0.1) is 0 Å². The molecule has 23 heavy (non-hydrogen) atoms. The van der Waals surface area contributed by atoms with E-state index < -0.39 is 0 Å². The van der Waals surface area contributed by atoms with Gasteiger partial charge in [-0.3, -0.25) is 4.79 Å². The number of hydrogen-bond donors (Lipinski definition) is 1. The summed E-state index contributed by atoms with van der Waals surface area (Å²) in [6.07, 6.45) is 0.872. The van der Waals surface area contributed by atoms with Crippen LogP contribution < -0.4 is 4.74 Å². The van der Waals surface area contributed by atoms with Gasteiger partial charge in [-0.25, -0.2) is 4.98 Å². The number of aryl methyl sites for hydroxylation is 1. The monoisotopic (exact) mass is 341 g/mol. The third-order valence-electron chi connectivity index (χ3n) is 3.37. The standard InChI is InChI=1S/C18H15NO2S2/c1-2-12-8-6-7-11-14(12)22-15-16(20)19-17(23-18(15)21)13-9-4-3-5-10-13/h3-11,20H,2H2,1H3. The summed E-state index contributed by atoms with van der Waals surface area (Å²) in [7, 11) is 0. The summed E-state index contributed by atoms with van der Waals surface area (Å²) in [4.78, 5) is 17.9. The molecule has 0 aliphatic rings. The summed E-state index contributed by atoms with van der Waals surface area (Å²) in [5.74, 6) is -0.205. The van der Waals surface area contributed by atoms with E-state index in [4.69, 9.17) is 0 Å². The fourth-order valence-corrected chi connectivity index (χ4v) is 4.12. The van der Waals surface area contributed by atoms with Crippen LogP contribution in [0, 0.1) is 0 Å². The number of nitrogens with zero attached hydrogens (tertiary/aromatic N) is 1. The van der Waals surface area contributed by atoms with E-state index in [1.165, 1.54) is 11.8 Å². The molecule has 0 bridgehead atoms. The summed E-state index contributed by atoms with van der Waals surface area (Å²) in [5, 5.41) is 10.8. The third-order valence-corrected chi connectivity index (χ3v) is 5.60. The molecule has 1 N–H and O–H groups in total. The van der Waals surface area contributed by atoms with Crippen molar-refractivity contribution in [1.29, 1.82) is 0 Å². The highest BCUT2D eigenvalue weighted by Crippen LogP contribution is 2.35. The summed E-state index contributed by atoms with van der Waals surface area (Å²) in [6, 6.07) is 17.3. The molecule has 116 valence electrons. The first-order chi connectivity index (χ1) is 11.2. The fourth-order valence-electron chi connectivity index (χ4n) is 2.19. The Morgan fingerprint density at radius 1 is 1.09 bits per heavy atom. The van der Waals surface area contributed by atoms with Gasteiger partial charge in [0.15, 0.2) is 0 Å². The van der Waals surface area contributed by atoms with Gasteiger partial charge in [-0.1, -0.05) is 78.6 Å². The van der Waals surface area contributed by atoms with Gasteiger partial charge in [0.1, 0.15) is 9.90 Å². The summed E-state index contributed by atoms with van der Waals surface area (Å²) < 4.78 is -0.174. The van der Waals surface area contributed by atoms with Crippen LogP contribution in [0.3, 0.4) is 0 Å². The minimum absolute atomic E-state index is 0.174. The molecule has 1 heterocycles. The highest BCUT2D eigenvalue weighted by atomic mass is 32.2. The van der Waals surface area contributed by atoms with Crippen LogP contribution in [0.15, 0.2) is 69.2 Å². The molecule has 0 atom stereocenters. The van der Waals surface area contributed by atoms with E-state index in [0.29, 0.717) is 5.01 Å². The Hall–Kier alpha value is -2.11. The minimum atomic E-state index is -0.205. The van der Waals surface area contributed by atoms with Crippen molar-refractivity contribution >= 4 is 23.1 Å². The lowest BCUT2D eigenvalue weighted by Gasteiger charge is -2.08. The van der Waals surface area contributed by atoms with Crippen molar-refractivity contribution in [3.05, 3.63) is 69.7 Å². The molecule has 0 aliphatic heterocycles. The van der Waals surface area contributed by atoms with E-state index in [1.54, 1.807) is 0 Å². The zero-order chi connectivity index (χ0) is 16.2. The summed E-state index contributed by atoms with van der Waals surface area (Å²) >= 11 is 2.34. The number of rotatable bonds is 4. The second-order valence-corrected chi connectivity index (χ2v) is 6.90. The van der Waals surface area contributed by atoms with Crippen molar-refractivity contribution in [3.63, 3.8) is 0 Å². The second kappa shape index (κ2) is 6.98. The van der Waals surface area contributed by atoms with Crippen LogP contribution in [0.2, 0.25) is 0 Å². The van der Waals surface area contributed by atoms with E-state index in [9.17, 15) is 9.90 Å². The highest BCUT2D eigenvalue weighted by molar-refractivity contribution is 7.99. The molecular formula is C18H15NO2S2.